The van der Waals surface area contributed by atoms with Crippen LogP contribution in [0.4, 0.5) is 0 Å². The molecule has 1 atom stereocenters. The van der Waals surface area contributed by atoms with Crippen molar-refractivity contribution in [3.8, 4) is 0 Å². The Labute approximate surface area is 126 Å². The van der Waals surface area contributed by atoms with E-state index in [1.54, 1.807) is 31.2 Å². The van der Waals surface area contributed by atoms with Gasteiger partial charge in [-0.05, 0) is 31.0 Å². The number of hydrogen-bond donors (Lipinski definition) is 1. The number of carbonyl (C=O) groups is 1. The van der Waals surface area contributed by atoms with Gasteiger partial charge in [0.1, 0.15) is 0 Å². The lowest BCUT2D eigenvalue weighted by atomic mass is 9.90. The molecule has 1 saturated heterocycles. The molecule has 0 amide bonds. The number of carboxylic acid groups (broad SMARTS) is 1. The Hall–Kier alpha value is -0.920. The minimum absolute atomic E-state index is 0.0429. The highest BCUT2D eigenvalue weighted by atomic mass is 79.9. The Morgan fingerprint density at radius 1 is 1.40 bits per heavy atom. The van der Waals surface area contributed by atoms with Crippen LogP contribution in [0.3, 0.4) is 0 Å². The summed E-state index contributed by atoms with van der Waals surface area (Å²) in [5.74, 6) is -1.05. The first-order chi connectivity index (χ1) is 9.23. The van der Waals surface area contributed by atoms with Crippen LogP contribution in [0, 0.1) is 5.41 Å². The van der Waals surface area contributed by atoms with Gasteiger partial charge in [0.25, 0.3) is 0 Å². The van der Waals surface area contributed by atoms with E-state index in [2.05, 4.69) is 15.9 Å². The number of nitrogens with zero attached hydrogens (tertiary/aromatic N) is 1. The average molecular weight is 362 g/mol. The second-order valence-electron chi connectivity index (χ2n) is 5.33. The van der Waals surface area contributed by atoms with Gasteiger partial charge in [-0.1, -0.05) is 28.1 Å². The highest BCUT2D eigenvalue weighted by molar-refractivity contribution is 9.10. The maximum atomic E-state index is 12.3. The number of halogens is 1. The molecule has 1 fully saturated rings. The van der Waals surface area contributed by atoms with Gasteiger partial charge in [-0.2, -0.15) is 0 Å². The van der Waals surface area contributed by atoms with E-state index in [0.29, 0.717) is 12.0 Å². The van der Waals surface area contributed by atoms with Crippen LogP contribution in [0.1, 0.15) is 18.9 Å². The fraction of sp³-hybridized carbons (Fsp3) is 0.462. The van der Waals surface area contributed by atoms with Crippen LogP contribution < -0.4 is 0 Å². The fourth-order valence-electron chi connectivity index (χ4n) is 2.21. The molecule has 0 radical (unpaired) electrons. The number of carboxylic acids is 1. The number of aliphatic carboxylic acids is 1. The van der Waals surface area contributed by atoms with Crippen molar-refractivity contribution in [3.05, 3.63) is 34.3 Å². The Bertz CT molecular complexity index is 614. The third-order valence-corrected chi connectivity index (χ3v) is 5.94. The smallest absolute Gasteiger partial charge is 0.310 e. The first-order valence-electron chi connectivity index (χ1n) is 6.19. The highest BCUT2D eigenvalue weighted by Gasteiger charge is 2.44. The molecule has 1 unspecified atom stereocenters. The molecule has 1 aromatic rings. The number of sulfonamides is 1. The summed E-state index contributed by atoms with van der Waals surface area (Å²) in [6.45, 7) is 1.90. The molecule has 5 nitrogen and oxygen atoms in total. The summed E-state index contributed by atoms with van der Waals surface area (Å²) in [5, 5.41) is 9.15. The Kier molecular flexibility index (Phi) is 4.22. The van der Waals surface area contributed by atoms with Gasteiger partial charge in [0.2, 0.25) is 10.0 Å². The Morgan fingerprint density at radius 3 is 2.50 bits per heavy atom. The van der Waals surface area contributed by atoms with Gasteiger partial charge in [-0.3, -0.25) is 4.79 Å². The predicted molar refractivity (Wildman–Crippen MR) is 78.7 cm³/mol. The van der Waals surface area contributed by atoms with Crippen molar-refractivity contribution in [2.75, 3.05) is 13.1 Å². The Balaban J connectivity index is 2.12. The number of benzene rings is 1. The average Bonchev–Trinajstić information content (AvgIpc) is 2.77. The summed E-state index contributed by atoms with van der Waals surface area (Å²) in [4.78, 5) is 11.2. The highest BCUT2D eigenvalue weighted by Crippen LogP contribution is 2.32. The maximum Gasteiger partial charge on any atom is 0.310 e. The molecule has 1 aliphatic heterocycles. The Morgan fingerprint density at radius 2 is 2.00 bits per heavy atom. The van der Waals surface area contributed by atoms with E-state index in [4.69, 9.17) is 5.11 Å². The zero-order valence-corrected chi connectivity index (χ0v) is 13.4. The molecule has 1 aromatic carbocycles. The van der Waals surface area contributed by atoms with Gasteiger partial charge < -0.3 is 5.11 Å². The lowest BCUT2D eigenvalue weighted by Crippen LogP contribution is -2.35. The zero-order chi connectivity index (χ0) is 15.0. The molecule has 1 N–H and O–H groups in total. The minimum atomic E-state index is -3.48. The molecule has 0 spiro atoms. The topological polar surface area (TPSA) is 74.7 Å². The SMILES string of the molecule is CC1(C(=O)O)CCN(S(=O)(=O)Cc2ccc(Br)cc2)C1. The summed E-state index contributed by atoms with van der Waals surface area (Å²) >= 11 is 3.30. The molecule has 0 aromatic heterocycles. The molecule has 2 rings (SSSR count). The second kappa shape index (κ2) is 5.46. The lowest BCUT2D eigenvalue weighted by Gasteiger charge is -2.20. The van der Waals surface area contributed by atoms with Crippen molar-refractivity contribution in [1.82, 2.24) is 4.31 Å². The van der Waals surface area contributed by atoms with Crippen LogP contribution in [0.25, 0.3) is 0 Å². The molecular formula is C13H16BrNO4S. The van der Waals surface area contributed by atoms with Crippen molar-refractivity contribution in [3.63, 3.8) is 0 Å². The second-order valence-corrected chi connectivity index (χ2v) is 8.22. The van der Waals surface area contributed by atoms with E-state index in [9.17, 15) is 13.2 Å². The summed E-state index contributed by atoms with van der Waals surface area (Å²) in [7, 11) is -3.48. The van der Waals surface area contributed by atoms with Gasteiger partial charge in [0.05, 0.1) is 11.2 Å². The molecular weight excluding hydrogens is 346 g/mol. The molecule has 7 heteroatoms. The van der Waals surface area contributed by atoms with E-state index >= 15 is 0 Å². The summed E-state index contributed by atoms with van der Waals surface area (Å²) in [6.07, 6.45) is 0.349. The quantitative estimate of drug-likeness (QED) is 0.890. The van der Waals surface area contributed by atoms with Gasteiger partial charge in [-0.25, -0.2) is 12.7 Å². The van der Waals surface area contributed by atoms with Crippen LogP contribution in [0.15, 0.2) is 28.7 Å². The fourth-order valence-corrected chi connectivity index (χ4v) is 4.13. The molecule has 0 aliphatic carbocycles. The van der Waals surface area contributed by atoms with E-state index in [-0.39, 0.29) is 18.8 Å². The van der Waals surface area contributed by atoms with Crippen LogP contribution in [-0.2, 0) is 20.6 Å². The minimum Gasteiger partial charge on any atom is -0.481 e. The molecule has 110 valence electrons. The largest absolute Gasteiger partial charge is 0.481 e. The summed E-state index contributed by atoms with van der Waals surface area (Å²) in [5.41, 5.74) is -0.288. The summed E-state index contributed by atoms with van der Waals surface area (Å²) < 4.78 is 26.8. The van der Waals surface area contributed by atoms with Gasteiger partial charge >= 0.3 is 5.97 Å². The normalized spacial score (nSPS) is 23.9. The molecule has 0 bridgehead atoms. The van der Waals surface area contributed by atoms with Crippen molar-refractivity contribution in [2.45, 2.75) is 19.1 Å². The van der Waals surface area contributed by atoms with Gasteiger partial charge in [-0.15, -0.1) is 0 Å². The predicted octanol–water partition coefficient (Wildman–Crippen LogP) is 2.08. The van der Waals surface area contributed by atoms with E-state index in [0.717, 1.165) is 4.47 Å². The molecule has 1 aliphatic rings. The first kappa shape index (κ1) is 15.5. The first-order valence-corrected chi connectivity index (χ1v) is 8.59. The maximum absolute atomic E-state index is 12.3. The van der Waals surface area contributed by atoms with Crippen molar-refractivity contribution in [1.29, 1.82) is 0 Å². The molecule has 0 saturated carbocycles. The van der Waals surface area contributed by atoms with E-state index in [1.165, 1.54) is 4.31 Å². The number of hydrogen-bond acceptors (Lipinski definition) is 3. The monoisotopic (exact) mass is 361 g/mol. The van der Waals surface area contributed by atoms with Crippen molar-refractivity contribution < 1.29 is 18.3 Å². The number of rotatable bonds is 4. The molecule has 1 heterocycles. The van der Waals surface area contributed by atoms with Crippen LogP contribution in [0.5, 0.6) is 0 Å². The van der Waals surface area contributed by atoms with Crippen molar-refractivity contribution in [2.24, 2.45) is 5.41 Å². The van der Waals surface area contributed by atoms with E-state index < -0.39 is 21.4 Å². The third-order valence-electron chi connectivity index (χ3n) is 3.61. The van der Waals surface area contributed by atoms with Crippen LogP contribution in [-0.4, -0.2) is 36.9 Å². The van der Waals surface area contributed by atoms with Crippen LogP contribution in [0.2, 0.25) is 0 Å². The van der Waals surface area contributed by atoms with Crippen molar-refractivity contribution >= 4 is 31.9 Å². The standard InChI is InChI=1S/C13H16BrNO4S/c1-13(12(16)17)6-7-15(9-13)20(18,19)8-10-2-4-11(14)5-3-10/h2-5H,6-9H2,1H3,(H,16,17). The molecule has 20 heavy (non-hydrogen) atoms. The lowest BCUT2D eigenvalue weighted by molar-refractivity contribution is -0.146. The van der Waals surface area contributed by atoms with E-state index in [1.807, 2.05) is 0 Å². The van der Waals surface area contributed by atoms with Gasteiger partial charge in [0, 0.05) is 17.6 Å². The summed E-state index contributed by atoms with van der Waals surface area (Å²) in [6, 6.07) is 7.06. The van der Waals surface area contributed by atoms with Gasteiger partial charge in [0.15, 0.2) is 0 Å². The zero-order valence-electron chi connectivity index (χ0n) is 11.0. The van der Waals surface area contributed by atoms with Crippen LogP contribution >= 0.6 is 15.9 Å². The third kappa shape index (κ3) is 3.21.